The van der Waals surface area contributed by atoms with Gasteiger partial charge in [0.15, 0.2) is 0 Å². The molecule has 4 N–H and O–H groups in total. The van der Waals surface area contributed by atoms with Gasteiger partial charge in [-0.1, -0.05) is 12.1 Å². The standard InChI is InChI=1S/C38H46N8O6/c1-44-20-29(28-18-39-43-36(28)38(44)50)25-16-32(51-2)30(33(17-25)52-3)21-46-15-12-27(19-46)41-35(48)22-45-13-10-24(11-14-45)23-4-6-26(7-5-23)40-31-8-9-34(47)42-37(31)49/h4-7,16-18,20,24,27,31,40H,8-15,19,21-22H2,1-3H3,(H,39,43)(H,41,48)(H,42,47,49). The number of amides is 3. The average Bonchev–Trinajstić information content (AvgIpc) is 3.82. The lowest BCUT2D eigenvalue weighted by molar-refractivity contribution is -0.133. The van der Waals surface area contributed by atoms with E-state index in [4.69, 9.17) is 9.47 Å². The molecule has 3 fully saturated rings. The number of imide groups is 1. The molecule has 2 aromatic heterocycles. The van der Waals surface area contributed by atoms with Crippen LogP contribution in [0.25, 0.3) is 22.0 Å². The van der Waals surface area contributed by atoms with Crippen molar-refractivity contribution in [1.29, 1.82) is 0 Å². The van der Waals surface area contributed by atoms with Crippen molar-refractivity contribution in [2.24, 2.45) is 7.05 Å². The Balaban J connectivity index is 0.896. The van der Waals surface area contributed by atoms with Gasteiger partial charge in [0, 0.05) is 62.0 Å². The fourth-order valence-electron chi connectivity index (χ4n) is 7.78. The minimum absolute atomic E-state index is 0.0523. The van der Waals surface area contributed by atoms with Crippen LogP contribution in [-0.4, -0.2) is 101 Å². The molecular formula is C38H46N8O6. The van der Waals surface area contributed by atoms with Crippen molar-refractivity contribution >= 4 is 34.3 Å². The smallest absolute Gasteiger partial charge is 0.276 e. The van der Waals surface area contributed by atoms with Gasteiger partial charge >= 0.3 is 0 Å². The first kappa shape index (κ1) is 35.2. The molecule has 14 nitrogen and oxygen atoms in total. The Labute approximate surface area is 301 Å². The Morgan fingerprint density at radius 3 is 2.37 bits per heavy atom. The number of nitrogens with zero attached hydrogens (tertiary/aromatic N) is 4. The highest BCUT2D eigenvalue weighted by Crippen LogP contribution is 2.38. The zero-order valence-corrected chi connectivity index (χ0v) is 29.9. The molecule has 0 aliphatic carbocycles. The number of piperidine rings is 2. The third-order valence-corrected chi connectivity index (χ3v) is 10.6. The number of carbonyl (C=O) groups excluding carboxylic acids is 3. The Morgan fingerprint density at radius 1 is 0.962 bits per heavy atom. The van der Waals surface area contributed by atoms with E-state index in [1.165, 1.54) is 10.1 Å². The van der Waals surface area contributed by atoms with Crippen molar-refractivity contribution in [1.82, 2.24) is 35.2 Å². The van der Waals surface area contributed by atoms with Crippen LogP contribution in [0.3, 0.4) is 0 Å². The number of H-pyrrole nitrogens is 1. The zero-order valence-electron chi connectivity index (χ0n) is 29.9. The van der Waals surface area contributed by atoms with Crippen LogP contribution >= 0.6 is 0 Å². The molecule has 52 heavy (non-hydrogen) atoms. The maximum Gasteiger partial charge on any atom is 0.276 e. The van der Waals surface area contributed by atoms with Gasteiger partial charge in [0.2, 0.25) is 17.7 Å². The molecule has 3 aliphatic heterocycles. The summed E-state index contributed by atoms with van der Waals surface area (Å²) in [5.41, 5.74) is 5.05. The van der Waals surface area contributed by atoms with E-state index in [1.807, 2.05) is 24.3 Å². The number of methoxy groups -OCH3 is 2. The van der Waals surface area contributed by atoms with E-state index in [-0.39, 0.29) is 29.3 Å². The van der Waals surface area contributed by atoms with Gasteiger partial charge in [-0.25, -0.2) is 0 Å². The van der Waals surface area contributed by atoms with Gasteiger partial charge in [-0.2, -0.15) is 5.10 Å². The summed E-state index contributed by atoms with van der Waals surface area (Å²) in [5, 5.41) is 16.5. The molecular weight excluding hydrogens is 664 g/mol. The van der Waals surface area contributed by atoms with Crippen LogP contribution in [0.15, 0.2) is 53.6 Å². The third kappa shape index (κ3) is 7.53. The maximum atomic E-state index is 13.1. The topological polar surface area (TPSA) is 163 Å². The highest BCUT2D eigenvalue weighted by Gasteiger charge is 2.29. The van der Waals surface area contributed by atoms with Gasteiger partial charge in [-0.3, -0.25) is 39.4 Å². The number of likely N-dealkylation sites (tertiary alicyclic amines) is 2. The molecule has 0 spiro atoms. The lowest BCUT2D eigenvalue weighted by Gasteiger charge is -2.32. The zero-order chi connectivity index (χ0) is 36.4. The molecule has 0 bridgehead atoms. The van der Waals surface area contributed by atoms with Crippen LogP contribution in [0, 0.1) is 0 Å². The van der Waals surface area contributed by atoms with Crippen molar-refractivity contribution in [3.63, 3.8) is 0 Å². The second-order valence-electron chi connectivity index (χ2n) is 14.1. The first-order valence-electron chi connectivity index (χ1n) is 17.9. The first-order chi connectivity index (χ1) is 25.2. The van der Waals surface area contributed by atoms with E-state index in [9.17, 15) is 19.2 Å². The molecule has 274 valence electrons. The summed E-state index contributed by atoms with van der Waals surface area (Å²) < 4.78 is 13.3. The SMILES string of the molecule is COc1cc(-c2cn(C)c(=O)c3[nH]ncc23)cc(OC)c1CN1CCC(NC(=O)CN2CCC(c3ccc(NC4CCC(=O)NC4=O)cc3)CC2)C1. The van der Waals surface area contributed by atoms with Gasteiger partial charge in [-0.15, -0.1) is 0 Å². The third-order valence-electron chi connectivity index (χ3n) is 10.6. The number of nitrogens with one attached hydrogen (secondary N) is 4. The Kier molecular flexibility index (Phi) is 10.3. The summed E-state index contributed by atoms with van der Waals surface area (Å²) in [6.45, 7) is 4.26. The number of benzene rings is 2. The summed E-state index contributed by atoms with van der Waals surface area (Å²) in [4.78, 5) is 53.8. The molecule has 3 saturated heterocycles. The predicted octanol–water partition coefficient (Wildman–Crippen LogP) is 2.73. The number of aromatic nitrogens is 3. The lowest BCUT2D eigenvalue weighted by Crippen LogP contribution is -2.47. The molecule has 2 aromatic carbocycles. The molecule has 14 heteroatoms. The Hall–Kier alpha value is -5.21. The molecule has 7 rings (SSSR count). The van der Waals surface area contributed by atoms with Gasteiger partial charge in [-0.05, 0) is 80.1 Å². The van der Waals surface area contributed by atoms with Gasteiger partial charge in [0.25, 0.3) is 5.56 Å². The number of aromatic amines is 1. The largest absolute Gasteiger partial charge is 0.496 e. The number of anilines is 1. The molecule has 3 amide bonds. The van der Waals surface area contributed by atoms with Crippen LogP contribution in [0.4, 0.5) is 5.69 Å². The Bertz CT molecular complexity index is 1990. The van der Waals surface area contributed by atoms with Crippen LogP contribution in [0.1, 0.15) is 49.1 Å². The minimum Gasteiger partial charge on any atom is -0.496 e. The average molecular weight is 711 g/mol. The second kappa shape index (κ2) is 15.2. The molecule has 5 heterocycles. The van der Waals surface area contributed by atoms with Gasteiger partial charge in [0.1, 0.15) is 23.1 Å². The first-order valence-corrected chi connectivity index (χ1v) is 17.9. The summed E-state index contributed by atoms with van der Waals surface area (Å²) >= 11 is 0. The van der Waals surface area contributed by atoms with Crippen molar-refractivity contribution in [2.75, 3.05) is 52.3 Å². The number of hydrogen-bond acceptors (Lipinski definition) is 10. The number of pyridine rings is 1. The van der Waals surface area contributed by atoms with Crippen LogP contribution in [-0.2, 0) is 28.0 Å². The molecule has 3 aliphatic rings. The summed E-state index contributed by atoms with van der Waals surface area (Å²) in [7, 11) is 5.01. The molecule has 4 aromatic rings. The van der Waals surface area contributed by atoms with Crippen molar-refractivity contribution in [2.45, 2.75) is 56.7 Å². The minimum atomic E-state index is -0.398. The summed E-state index contributed by atoms with van der Waals surface area (Å²) in [6, 6.07) is 11.8. The second-order valence-corrected chi connectivity index (χ2v) is 14.1. The van der Waals surface area contributed by atoms with E-state index in [0.717, 1.165) is 73.2 Å². The van der Waals surface area contributed by atoms with Crippen molar-refractivity contribution in [3.05, 3.63) is 70.3 Å². The number of carbonyl (C=O) groups is 3. The van der Waals surface area contributed by atoms with Gasteiger partial charge in [0.05, 0.1) is 32.5 Å². The quantitative estimate of drug-likeness (QED) is 0.170. The Morgan fingerprint density at radius 2 is 1.67 bits per heavy atom. The molecule has 2 unspecified atom stereocenters. The van der Waals surface area contributed by atoms with E-state index in [1.54, 1.807) is 33.7 Å². The molecule has 0 saturated carbocycles. The number of rotatable bonds is 11. The fourth-order valence-corrected chi connectivity index (χ4v) is 7.78. The number of ether oxygens (including phenoxy) is 2. The summed E-state index contributed by atoms with van der Waals surface area (Å²) in [5.74, 6) is 1.36. The maximum absolute atomic E-state index is 13.1. The van der Waals surface area contributed by atoms with Crippen molar-refractivity contribution < 1.29 is 23.9 Å². The van der Waals surface area contributed by atoms with E-state index in [0.29, 0.717) is 48.9 Å². The number of fused-ring (bicyclic) bond motifs is 1. The highest BCUT2D eigenvalue weighted by atomic mass is 16.5. The molecule has 0 radical (unpaired) electrons. The van der Waals surface area contributed by atoms with E-state index in [2.05, 4.69) is 48.1 Å². The van der Waals surface area contributed by atoms with Gasteiger partial charge < -0.3 is 24.7 Å². The fraction of sp³-hybridized carbons (Fsp3) is 0.447. The number of hydrogen-bond donors (Lipinski definition) is 4. The van der Waals surface area contributed by atoms with E-state index >= 15 is 0 Å². The van der Waals surface area contributed by atoms with Crippen molar-refractivity contribution in [3.8, 4) is 22.6 Å². The normalized spacial score (nSPS) is 20.2. The van der Waals surface area contributed by atoms with Crippen LogP contribution in [0.5, 0.6) is 11.5 Å². The lowest BCUT2D eigenvalue weighted by atomic mass is 9.89. The van der Waals surface area contributed by atoms with Crippen LogP contribution < -0.4 is 31.0 Å². The predicted molar refractivity (Wildman–Crippen MR) is 196 cm³/mol. The number of aryl methyl sites for hydroxylation is 1. The molecule has 2 atom stereocenters. The monoisotopic (exact) mass is 710 g/mol. The summed E-state index contributed by atoms with van der Waals surface area (Å²) in [6.07, 6.45) is 7.11. The van der Waals surface area contributed by atoms with E-state index < -0.39 is 6.04 Å². The van der Waals surface area contributed by atoms with Crippen LogP contribution in [0.2, 0.25) is 0 Å². The highest BCUT2D eigenvalue weighted by molar-refractivity contribution is 6.01.